The number of hydrogen-bond donors (Lipinski definition) is 0. The summed E-state index contributed by atoms with van der Waals surface area (Å²) < 4.78 is 14.7. The lowest BCUT2D eigenvalue weighted by Crippen LogP contribution is -2.30. The molecule has 0 saturated carbocycles. The van der Waals surface area contributed by atoms with Crippen molar-refractivity contribution in [1.82, 2.24) is 0 Å². The van der Waals surface area contributed by atoms with Crippen molar-refractivity contribution in [3.63, 3.8) is 0 Å². The number of methoxy groups -OCH3 is 2. The molecule has 6 nitrogen and oxygen atoms in total. The van der Waals surface area contributed by atoms with Gasteiger partial charge >= 0.3 is 17.9 Å². The van der Waals surface area contributed by atoms with E-state index in [1.165, 1.54) is 21.1 Å². The number of rotatable bonds is 6. The van der Waals surface area contributed by atoms with Gasteiger partial charge in [-0.25, -0.2) is 0 Å². The number of esters is 3. The third-order valence-electron chi connectivity index (χ3n) is 3.51. The lowest BCUT2D eigenvalue weighted by molar-refractivity contribution is -0.164. The first kappa shape index (κ1) is 18.7. The van der Waals surface area contributed by atoms with Gasteiger partial charge in [-0.1, -0.05) is 23.8 Å². The van der Waals surface area contributed by atoms with Crippen molar-refractivity contribution >= 4 is 17.9 Å². The Morgan fingerprint density at radius 1 is 1.09 bits per heavy atom. The van der Waals surface area contributed by atoms with Crippen LogP contribution in [0.5, 0.6) is 0 Å². The highest BCUT2D eigenvalue weighted by Gasteiger charge is 2.36. The standard InChI is InChI=1S/C17H22O6/c1-10-6-7-13(11(2)8-10)16(23-12(3)18)14(17(20)22-5)9-15(19)21-4/h6-8,14,16H,9H2,1-5H3/t14-,16-/m1/s1. The third kappa shape index (κ3) is 5.09. The van der Waals surface area contributed by atoms with Crippen LogP contribution in [0.25, 0.3) is 0 Å². The van der Waals surface area contributed by atoms with E-state index in [1.54, 1.807) is 6.07 Å². The van der Waals surface area contributed by atoms with E-state index in [2.05, 4.69) is 4.74 Å². The van der Waals surface area contributed by atoms with Crippen LogP contribution in [-0.4, -0.2) is 32.1 Å². The van der Waals surface area contributed by atoms with Crippen molar-refractivity contribution in [2.24, 2.45) is 5.92 Å². The Morgan fingerprint density at radius 2 is 1.74 bits per heavy atom. The summed E-state index contributed by atoms with van der Waals surface area (Å²) in [7, 11) is 2.45. The molecule has 2 atom stereocenters. The predicted octanol–water partition coefficient (Wildman–Crippen LogP) is 2.26. The highest BCUT2D eigenvalue weighted by atomic mass is 16.6. The Balaban J connectivity index is 3.30. The van der Waals surface area contributed by atoms with Crippen LogP contribution in [0.1, 0.15) is 36.1 Å². The zero-order valence-corrected chi connectivity index (χ0v) is 14.0. The first-order valence-electron chi connectivity index (χ1n) is 7.19. The summed E-state index contributed by atoms with van der Waals surface area (Å²) in [6.07, 6.45) is -1.16. The second kappa shape index (κ2) is 8.31. The molecule has 6 heteroatoms. The molecular weight excluding hydrogens is 300 g/mol. The maximum atomic E-state index is 12.1. The molecule has 0 heterocycles. The maximum Gasteiger partial charge on any atom is 0.313 e. The number of carbonyl (C=O) groups excluding carboxylic acids is 3. The zero-order chi connectivity index (χ0) is 17.6. The van der Waals surface area contributed by atoms with E-state index in [9.17, 15) is 14.4 Å². The smallest absolute Gasteiger partial charge is 0.313 e. The summed E-state index contributed by atoms with van der Waals surface area (Å²) in [5.41, 5.74) is 2.55. The fourth-order valence-electron chi connectivity index (χ4n) is 2.41. The van der Waals surface area contributed by atoms with E-state index in [0.717, 1.165) is 11.1 Å². The first-order valence-corrected chi connectivity index (χ1v) is 7.19. The Labute approximate surface area is 135 Å². The summed E-state index contributed by atoms with van der Waals surface area (Å²) in [5.74, 6) is -2.74. The van der Waals surface area contributed by atoms with E-state index in [0.29, 0.717) is 5.56 Å². The topological polar surface area (TPSA) is 78.9 Å². The van der Waals surface area contributed by atoms with Crippen LogP contribution in [0.15, 0.2) is 18.2 Å². The minimum Gasteiger partial charge on any atom is -0.469 e. The van der Waals surface area contributed by atoms with Gasteiger partial charge in [0.1, 0.15) is 12.0 Å². The Kier molecular flexibility index (Phi) is 6.75. The van der Waals surface area contributed by atoms with Crippen molar-refractivity contribution in [1.29, 1.82) is 0 Å². The Bertz CT molecular complexity index is 593. The number of carbonyl (C=O) groups is 3. The minimum absolute atomic E-state index is 0.242. The van der Waals surface area contributed by atoms with Crippen molar-refractivity contribution in [2.75, 3.05) is 14.2 Å². The van der Waals surface area contributed by atoms with E-state index in [1.807, 2.05) is 26.0 Å². The molecule has 0 aliphatic rings. The number of benzene rings is 1. The lowest BCUT2D eigenvalue weighted by Gasteiger charge is -2.26. The fraction of sp³-hybridized carbons (Fsp3) is 0.471. The molecule has 23 heavy (non-hydrogen) atoms. The summed E-state index contributed by atoms with van der Waals surface area (Å²) in [5, 5.41) is 0. The van der Waals surface area contributed by atoms with Gasteiger partial charge in [-0.05, 0) is 25.0 Å². The molecule has 0 unspecified atom stereocenters. The van der Waals surface area contributed by atoms with E-state index in [4.69, 9.17) is 9.47 Å². The van der Waals surface area contributed by atoms with E-state index < -0.39 is 29.9 Å². The predicted molar refractivity (Wildman–Crippen MR) is 82.6 cm³/mol. The van der Waals surface area contributed by atoms with Gasteiger partial charge in [0.15, 0.2) is 0 Å². The first-order chi connectivity index (χ1) is 10.8. The molecule has 0 aliphatic heterocycles. The molecule has 0 aromatic heterocycles. The van der Waals surface area contributed by atoms with Crippen molar-refractivity contribution < 1.29 is 28.6 Å². The Hall–Kier alpha value is -2.37. The monoisotopic (exact) mass is 322 g/mol. The largest absolute Gasteiger partial charge is 0.469 e. The highest BCUT2D eigenvalue weighted by Crippen LogP contribution is 2.32. The van der Waals surface area contributed by atoms with Gasteiger partial charge < -0.3 is 14.2 Å². The summed E-state index contributed by atoms with van der Waals surface area (Å²) in [4.78, 5) is 35.2. The van der Waals surface area contributed by atoms with Crippen molar-refractivity contribution in [3.05, 3.63) is 34.9 Å². The molecule has 1 rings (SSSR count). The normalized spacial score (nSPS) is 12.9. The fourth-order valence-corrected chi connectivity index (χ4v) is 2.41. The van der Waals surface area contributed by atoms with E-state index in [-0.39, 0.29) is 6.42 Å². The molecule has 1 aromatic rings. The molecule has 1 aromatic carbocycles. The van der Waals surface area contributed by atoms with Crippen LogP contribution in [-0.2, 0) is 28.6 Å². The summed E-state index contributed by atoms with van der Waals surface area (Å²) >= 11 is 0. The van der Waals surface area contributed by atoms with Gasteiger partial charge in [-0.2, -0.15) is 0 Å². The second-order valence-electron chi connectivity index (χ2n) is 5.30. The molecule has 0 aliphatic carbocycles. The second-order valence-corrected chi connectivity index (χ2v) is 5.30. The minimum atomic E-state index is -0.974. The third-order valence-corrected chi connectivity index (χ3v) is 3.51. The SMILES string of the molecule is COC(=O)C[C@@H](C(=O)OC)[C@H](OC(C)=O)c1ccc(C)cc1C. The van der Waals surface area contributed by atoms with Gasteiger partial charge in [0, 0.05) is 6.92 Å². The molecule has 0 fully saturated rings. The van der Waals surface area contributed by atoms with Gasteiger partial charge in [-0.3, -0.25) is 14.4 Å². The molecule has 0 radical (unpaired) electrons. The van der Waals surface area contributed by atoms with Gasteiger partial charge in [0.25, 0.3) is 0 Å². The number of ether oxygens (including phenoxy) is 3. The van der Waals surface area contributed by atoms with Crippen LogP contribution in [0.2, 0.25) is 0 Å². The summed E-state index contributed by atoms with van der Waals surface area (Å²) in [6, 6.07) is 5.55. The van der Waals surface area contributed by atoms with Gasteiger partial charge in [0.2, 0.25) is 0 Å². The van der Waals surface area contributed by atoms with Crippen molar-refractivity contribution in [2.45, 2.75) is 33.3 Å². The van der Waals surface area contributed by atoms with Crippen LogP contribution in [0.3, 0.4) is 0 Å². The molecule has 126 valence electrons. The van der Waals surface area contributed by atoms with Crippen molar-refractivity contribution in [3.8, 4) is 0 Å². The zero-order valence-electron chi connectivity index (χ0n) is 14.0. The quantitative estimate of drug-likeness (QED) is 0.590. The van der Waals surface area contributed by atoms with Gasteiger partial charge in [0.05, 0.1) is 20.6 Å². The number of aryl methyl sites for hydroxylation is 2. The number of hydrogen-bond acceptors (Lipinski definition) is 6. The highest BCUT2D eigenvalue weighted by molar-refractivity contribution is 5.81. The average molecular weight is 322 g/mol. The molecule has 0 amide bonds. The van der Waals surface area contributed by atoms with Crippen LogP contribution in [0.4, 0.5) is 0 Å². The Morgan fingerprint density at radius 3 is 2.22 bits per heavy atom. The lowest BCUT2D eigenvalue weighted by atomic mass is 9.89. The van der Waals surface area contributed by atoms with Crippen LogP contribution < -0.4 is 0 Å². The molecule has 0 spiro atoms. The molecular formula is C17H22O6. The molecule has 0 saturated heterocycles. The van der Waals surface area contributed by atoms with Gasteiger partial charge in [-0.15, -0.1) is 0 Å². The van der Waals surface area contributed by atoms with Crippen LogP contribution >= 0.6 is 0 Å². The average Bonchev–Trinajstić information content (AvgIpc) is 2.49. The molecule has 0 N–H and O–H groups in total. The summed E-state index contributed by atoms with van der Waals surface area (Å²) in [6.45, 7) is 5.04. The molecule has 0 bridgehead atoms. The maximum absolute atomic E-state index is 12.1. The van der Waals surface area contributed by atoms with E-state index >= 15 is 0 Å². The van der Waals surface area contributed by atoms with Crippen LogP contribution in [0, 0.1) is 19.8 Å².